The quantitative estimate of drug-likeness (QED) is 0.443. The van der Waals surface area contributed by atoms with E-state index in [0.717, 1.165) is 0 Å². The highest BCUT2D eigenvalue weighted by Crippen LogP contribution is 2.17. The number of esters is 1. The Morgan fingerprint density at radius 3 is 2.53 bits per heavy atom. The first kappa shape index (κ1) is 13.4. The van der Waals surface area contributed by atoms with Gasteiger partial charge in [0.15, 0.2) is 0 Å². The Morgan fingerprint density at radius 1 is 1.53 bits per heavy atom. The molecule has 2 atom stereocenters. The molecular formula is C10H15FN2O4. The molecule has 1 aliphatic heterocycles. The Labute approximate surface area is 98.1 Å². The largest absolute Gasteiger partial charge is 0.462 e. The van der Waals surface area contributed by atoms with Crippen molar-refractivity contribution >= 4 is 17.9 Å². The van der Waals surface area contributed by atoms with Crippen molar-refractivity contribution in [2.45, 2.75) is 33.1 Å². The molecule has 17 heavy (non-hydrogen) atoms. The molecule has 1 rings (SSSR count). The number of carbonyl (C=O) groups is 3. The Bertz CT molecular complexity index is 345. The molecule has 1 aliphatic rings. The average molecular weight is 246 g/mol. The van der Waals surface area contributed by atoms with Crippen molar-refractivity contribution in [3.63, 3.8) is 0 Å². The summed E-state index contributed by atoms with van der Waals surface area (Å²) in [6, 6.07) is -1.70. The Balaban J connectivity index is 2.81. The predicted octanol–water partition coefficient (Wildman–Crippen LogP) is 0.421. The molecule has 6 nitrogen and oxygen atoms in total. The first-order valence-electron chi connectivity index (χ1n) is 5.34. The van der Waals surface area contributed by atoms with Crippen molar-refractivity contribution in [1.82, 2.24) is 10.2 Å². The molecule has 96 valence electrons. The smallest absolute Gasteiger partial charge is 0.362 e. The van der Waals surface area contributed by atoms with E-state index >= 15 is 0 Å². The van der Waals surface area contributed by atoms with Crippen LogP contribution >= 0.6 is 0 Å². The molecule has 1 fully saturated rings. The monoisotopic (exact) mass is 246 g/mol. The maximum Gasteiger partial charge on any atom is 0.362 e. The van der Waals surface area contributed by atoms with Crippen LogP contribution in [-0.2, 0) is 14.3 Å². The summed E-state index contributed by atoms with van der Waals surface area (Å²) in [6.07, 6.45) is -2.38. The van der Waals surface area contributed by atoms with Gasteiger partial charge in [-0.05, 0) is 12.8 Å². The van der Waals surface area contributed by atoms with Gasteiger partial charge in [0.05, 0.1) is 6.61 Å². The zero-order valence-electron chi connectivity index (χ0n) is 9.90. The van der Waals surface area contributed by atoms with Crippen LogP contribution in [0.3, 0.4) is 0 Å². The lowest BCUT2D eigenvalue weighted by atomic mass is 10.1. The molecule has 0 radical (unpaired) electrons. The van der Waals surface area contributed by atoms with E-state index in [0.29, 0.717) is 0 Å². The molecule has 2 unspecified atom stereocenters. The van der Waals surface area contributed by atoms with E-state index in [1.54, 1.807) is 13.8 Å². The molecule has 1 heterocycles. The molecule has 0 aromatic carbocycles. The molecule has 1 saturated heterocycles. The second-order valence-electron chi connectivity index (χ2n) is 3.97. The van der Waals surface area contributed by atoms with Gasteiger partial charge < -0.3 is 10.1 Å². The Morgan fingerprint density at radius 2 is 2.12 bits per heavy atom. The van der Waals surface area contributed by atoms with Crippen LogP contribution in [0.2, 0.25) is 0 Å². The third-order valence-electron chi connectivity index (χ3n) is 2.38. The van der Waals surface area contributed by atoms with E-state index in [2.05, 4.69) is 10.1 Å². The van der Waals surface area contributed by atoms with Crippen molar-refractivity contribution < 1.29 is 23.5 Å². The van der Waals surface area contributed by atoms with Gasteiger partial charge in [-0.25, -0.2) is 18.9 Å². The molecule has 0 bridgehead atoms. The number of imide groups is 1. The minimum Gasteiger partial charge on any atom is -0.462 e. The van der Waals surface area contributed by atoms with Crippen LogP contribution in [-0.4, -0.2) is 41.8 Å². The number of nitrogens with zero attached hydrogens (tertiary/aromatic N) is 1. The third-order valence-corrected chi connectivity index (χ3v) is 2.38. The summed E-state index contributed by atoms with van der Waals surface area (Å²) in [4.78, 5) is 34.5. The lowest BCUT2D eigenvalue weighted by Crippen LogP contribution is -2.44. The standard InChI is InChI=1S/C10H15FN2O4/c1-4-17-9(15)7(11)13-8(14)6(5(2)3)12-10(13)16/h5-7H,4H2,1-3H3,(H,12,16). The maximum atomic E-state index is 13.6. The first-order valence-corrected chi connectivity index (χ1v) is 5.34. The summed E-state index contributed by atoms with van der Waals surface area (Å²) in [6.45, 7) is 4.91. The van der Waals surface area contributed by atoms with Gasteiger partial charge in [-0.2, -0.15) is 0 Å². The minimum absolute atomic E-state index is 0.0173. The van der Waals surface area contributed by atoms with Gasteiger partial charge in [-0.1, -0.05) is 13.8 Å². The van der Waals surface area contributed by atoms with Crippen LogP contribution in [0.25, 0.3) is 0 Å². The fourth-order valence-electron chi connectivity index (χ4n) is 1.50. The Kier molecular flexibility index (Phi) is 4.03. The number of alkyl halides is 1. The van der Waals surface area contributed by atoms with Crippen LogP contribution in [0.1, 0.15) is 20.8 Å². The van der Waals surface area contributed by atoms with E-state index in [9.17, 15) is 18.8 Å². The second kappa shape index (κ2) is 5.11. The predicted molar refractivity (Wildman–Crippen MR) is 55.5 cm³/mol. The zero-order chi connectivity index (χ0) is 13.2. The SMILES string of the molecule is CCOC(=O)C(F)N1C(=O)NC(C(C)C)C1=O. The fraction of sp³-hybridized carbons (Fsp3) is 0.700. The van der Waals surface area contributed by atoms with Crippen LogP contribution in [0, 0.1) is 5.92 Å². The van der Waals surface area contributed by atoms with Gasteiger partial charge >= 0.3 is 12.0 Å². The number of nitrogens with one attached hydrogen (secondary N) is 1. The normalized spacial score (nSPS) is 21.7. The zero-order valence-corrected chi connectivity index (χ0v) is 9.90. The highest BCUT2D eigenvalue weighted by molar-refractivity contribution is 6.06. The summed E-state index contributed by atoms with van der Waals surface area (Å²) in [7, 11) is 0. The van der Waals surface area contributed by atoms with Gasteiger partial charge in [0.2, 0.25) is 0 Å². The highest BCUT2D eigenvalue weighted by atomic mass is 19.1. The number of halogens is 1. The summed E-state index contributed by atoms with van der Waals surface area (Å²) in [5.41, 5.74) is 0. The lowest BCUT2D eigenvalue weighted by molar-refractivity contribution is -0.158. The van der Waals surface area contributed by atoms with Crippen molar-refractivity contribution in [3.05, 3.63) is 0 Å². The topological polar surface area (TPSA) is 75.7 Å². The number of hydrogen-bond acceptors (Lipinski definition) is 4. The van der Waals surface area contributed by atoms with Gasteiger partial charge in [0.1, 0.15) is 6.04 Å². The second-order valence-corrected chi connectivity index (χ2v) is 3.97. The lowest BCUT2D eigenvalue weighted by Gasteiger charge is -2.17. The van der Waals surface area contributed by atoms with Gasteiger partial charge in [0.25, 0.3) is 12.2 Å². The average Bonchev–Trinajstić information content (AvgIpc) is 2.54. The summed E-state index contributed by atoms with van der Waals surface area (Å²) >= 11 is 0. The molecule has 0 aromatic heterocycles. The van der Waals surface area contributed by atoms with Gasteiger partial charge in [-0.15, -0.1) is 0 Å². The summed E-state index contributed by atoms with van der Waals surface area (Å²) in [5, 5.41) is 2.32. The van der Waals surface area contributed by atoms with Crippen LogP contribution in [0.4, 0.5) is 9.18 Å². The van der Waals surface area contributed by atoms with Crippen molar-refractivity contribution in [1.29, 1.82) is 0 Å². The first-order chi connectivity index (χ1) is 7.90. The molecule has 1 N–H and O–H groups in total. The number of hydrogen-bond donors (Lipinski definition) is 1. The van der Waals surface area contributed by atoms with Crippen LogP contribution in [0.5, 0.6) is 0 Å². The van der Waals surface area contributed by atoms with Crippen molar-refractivity contribution in [2.24, 2.45) is 5.92 Å². The number of amides is 3. The number of carbonyl (C=O) groups excluding carboxylic acids is 3. The van der Waals surface area contributed by atoms with E-state index in [1.807, 2.05) is 0 Å². The van der Waals surface area contributed by atoms with E-state index in [4.69, 9.17) is 0 Å². The summed E-state index contributed by atoms with van der Waals surface area (Å²) < 4.78 is 18.0. The van der Waals surface area contributed by atoms with Gasteiger partial charge in [-0.3, -0.25) is 4.79 Å². The molecule has 0 spiro atoms. The minimum atomic E-state index is -2.38. The molecule has 3 amide bonds. The third kappa shape index (κ3) is 2.54. The Hall–Kier alpha value is -1.66. The summed E-state index contributed by atoms with van der Waals surface area (Å²) in [5.74, 6) is -2.16. The molecular weight excluding hydrogens is 231 g/mol. The number of ether oxygens (including phenoxy) is 1. The maximum absolute atomic E-state index is 13.6. The van der Waals surface area contributed by atoms with E-state index in [1.165, 1.54) is 6.92 Å². The van der Waals surface area contributed by atoms with Gasteiger partial charge in [0, 0.05) is 0 Å². The molecule has 0 aromatic rings. The molecule has 0 aliphatic carbocycles. The van der Waals surface area contributed by atoms with Crippen LogP contribution in [0.15, 0.2) is 0 Å². The van der Waals surface area contributed by atoms with Crippen molar-refractivity contribution in [3.8, 4) is 0 Å². The fourth-order valence-corrected chi connectivity index (χ4v) is 1.50. The molecule has 7 heteroatoms. The van der Waals surface area contributed by atoms with E-state index < -0.39 is 30.2 Å². The van der Waals surface area contributed by atoms with E-state index in [-0.39, 0.29) is 17.4 Å². The number of rotatable bonds is 4. The highest BCUT2D eigenvalue weighted by Gasteiger charge is 2.46. The molecule has 0 saturated carbocycles. The van der Waals surface area contributed by atoms with Crippen LogP contribution < -0.4 is 5.32 Å². The van der Waals surface area contributed by atoms with Crippen molar-refractivity contribution in [2.75, 3.05) is 6.61 Å². The number of urea groups is 1.